The van der Waals surface area contributed by atoms with Gasteiger partial charge in [-0.25, -0.2) is 0 Å². The van der Waals surface area contributed by atoms with Crippen LogP contribution in [0, 0.1) is 13.8 Å². The molecule has 0 bridgehead atoms. The van der Waals surface area contributed by atoms with Crippen molar-refractivity contribution >= 4 is 11.6 Å². The zero-order chi connectivity index (χ0) is 15.6. The van der Waals surface area contributed by atoms with Crippen molar-refractivity contribution in [1.29, 1.82) is 0 Å². The molecule has 112 valence electrons. The SMILES string of the molecule is COc1ccc(C(=O)N(C)Cc2c(C)noc2C)cc1N. The first kappa shape index (κ1) is 14.9. The lowest BCUT2D eigenvalue weighted by molar-refractivity contribution is 0.0784. The van der Waals surface area contributed by atoms with Crippen LogP contribution in [0.4, 0.5) is 5.69 Å². The fourth-order valence-corrected chi connectivity index (χ4v) is 2.12. The van der Waals surface area contributed by atoms with E-state index in [1.807, 2.05) is 13.8 Å². The van der Waals surface area contributed by atoms with Gasteiger partial charge in [-0.2, -0.15) is 0 Å². The minimum atomic E-state index is -0.121. The molecular weight excluding hydrogens is 270 g/mol. The molecule has 0 aliphatic heterocycles. The van der Waals surface area contributed by atoms with Crippen molar-refractivity contribution in [3.63, 3.8) is 0 Å². The highest BCUT2D eigenvalue weighted by Gasteiger charge is 2.17. The van der Waals surface area contributed by atoms with E-state index in [2.05, 4.69) is 5.16 Å². The highest BCUT2D eigenvalue weighted by atomic mass is 16.5. The number of amides is 1. The Morgan fingerprint density at radius 3 is 2.67 bits per heavy atom. The van der Waals surface area contributed by atoms with Crippen LogP contribution in [0.25, 0.3) is 0 Å². The maximum Gasteiger partial charge on any atom is 0.253 e. The predicted octanol–water partition coefficient (Wildman–Crippen LogP) is 2.15. The lowest BCUT2D eigenvalue weighted by Crippen LogP contribution is -2.26. The van der Waals surface area contributed by atoms with Crippen LogP contribution in [0.1, 0.15) is 27.4 Å². The normalized spacial score (nSPS) is 10.5. The van der Waals surface area contributed by atoms with E-state index in [9.17, 15) is 4.79 Å². The number of benzene rings is 1. The maximum atomic E-state index is 12.4. The van der Waals surface area contributed by atoms with Gasteiger partial charge in [-0.15, -0.1) is 0 Å². The molecular formula is C15H19N3O3. The van der Waals surface area contributed by atoms with Gasteiger partial charge in [-0.05, 0) is 32.0 Å². The quantitative estimate of drug-likeness (QED) is 0.872. The summed E-state index contributed by atoms with van der Waals surface area (Å²) in [6.07, 6.45) is 0. The molecule has 1 amide bonds. The Kier molecular flexibility index (Phi) is 4.16. The lowest BCUT2D eigenvalue weighted by atomic mass is 10.1. The monoisotopic (exact) mass is 289 g/mol. The summed E-state index contributed by atoms with van der Waals surface area (Å²) < 4.78 is 10.2. The van der Waals surface area contributed by atoms with Crippen LogP contribution in [0.5, 0.6) is 5.75 Å². The van der Waals surface area contributed by atoms with E-state index in [1.165, 1.54) is 7.11 Å². The maximum absolute atomic E-state index is 12.4. The van der Waals surface area contributed by atoms with E-state index in [4.69, 9.17) is 15.0 Å². The number of nitrogens with zero attached hydrogens (tertiary/aromatic N) is 2. The minimum Gasteiger partial charge on any atom is -0.495 e. The molecule has 0 atom stereocenters. The summed E-state index contributed by atoms with van der Waals surface area (Å²) in [4.78, 5) is 14.0. The molecule has 0 unspecified atom stereocenters. The zero-order valence-corrected chi connectivity index (χ0v) is 12.6. The van der Waals surface area contributed by atoms with Crippen LogP contribution >= 0.6 is 0 Å². The number of carbonyl (C=O) groups excluding carboxylic acids is 1. The van der Waals surface area contributed by atoms with E-state index in [0.29, 0.717) is 23.5 Å². The molecule has 6 nitrogen and oxygen atoms in total. The molecule has 0 radical (unpaired) electrons. The van der Waals surface area contributed by atoms with Gasteiger partial charge in [0.1, 0.15) is 11.5 Å². The largest absolute Gasteiger partial charge is 0.495 e. The van der Waals surface area contributed by atoms with Gasteiger partial charge in [0.25, 0.3) is 5.91 Å². The summed E-state index contributed by atoms with van der Waals surface area (Å²) in [5.74, 6) is 1.16. The number of anilines is 1. The highest BCUT2D eigenvalue weighted by Crippen LogP contribution is 2.23. The summed E-state index contributed by atoms with van der Waals surface area (Å²) in [6.45, 7) is 4.13. The van der Waals surface area contributed by atoms with Crippen molar-refractivity contribution < 1.29 is 14.1 Å². The summed E-state index contributed by atoms with van der Waals surface area (Å²) in [7, 11) is 3.27. The third kappa shape index (κ3) is 2.99. The summed E-state index contributed by atoms with van der Waals surface area (Å²) >= 11 is 0. The Balaban J connectivity index is 2.18. The Morgan fingerprint density at radius 2 is 2.14 bits per heavy atom. The number of rotatable bonds is 4. The Hall–Kier alpha value is -2.50. The van der Waals surface area contributed by atoms with Gasteiger partial charge in [0.05, 0.1) is 25.0 Å². The molecule has 2 N–H and O–H groups in total. The van der Waals surface area contributed by atoms with Gasteiger partial charge in [0, 0.05) is 18.2 Å². The van der Waals surface area contributed by atoms with Crippen LogP contribution in [0.2, 0.25) is 0 Å². The number of hydrogen-bond acceptors (Lipinski definition) is 5. The molecule has 2 aromatic rings. The summed E-state index contributed by atoms with van der Waals surface area (Å²) in [5, 5.41) is 3.89. The average Bonchev–Trinajstić information content (AvgIpc) is 2.78. The first-order valence-electron chi connectivity index (χ1n) is 6.54. The first-order valence-corrected chi connectivity index (χ1v) is 6.54. The number of nitrogen functional groups attached to an aromatic ring is 1. The van der Waals surface area contributed by atoms with Crippen molar-refractivity contribution in [1.82, 2.24) is 10.1 Å². The van der Waals surface area contributed by atoms with Crippen molar-refractivity contribution in [3.8, 4) is 5.75 Å². The fraction of sp³-hybridized carbons (Fsp3) is 0.333. The predicted molar refractivity (Wildman–Crippen MR) is 79.2 cm³/mol. The van der Waals surface area contributed by atoms with E-state index in [0.717, 1.165) is 17.0 Å². The molecule has 21 heavy (non-hydrogen) atoms. The third-order valence-electron chi connectivity index (χ3n) is 3.40. The van der Waals surface area contributed by atoms with Crippen molar-refractivity contribution in [2.24, 2.45) is 0 Å². The average molecular weight is 289 g/mol. The number of methoxy groups -OCH3 is 1. The topological polar surface area (TPSA) is 81.6 Å². The van der Waals surface area contributed by atoms with Crippen molar-refractivity contribution in [3.05, 3.63) is 40.8 Å². The van der Waals surface area contributed by atoms with Gasteiger partial charge in [-0.1, -0.05) is 5.16 Å². The molecule has 0 aliphatic rings. The number of aryl methyl sites for hydroxylation is 2. The van der Waals surface area contributed by atoms with Gasteiger partial charge in [0.2, 0.25) is 0 Å². The molecule has 0 aliphatic carbocycles. The number of aromatic nitrogens is 1. The number of carbonyl (C=O) groups is 1. The second-order valence-corrected chi connectivity index (χ2v) is 4.92. The number of hydrogen-bond donors (Lipinski definition) is 1. The van der Waals surface area contributed by atoms with Gasteiger partial charge in [-0.3, -0.25) is 4.79 Å². The molecule has 0 spiro atoms. The molecule has 1 heterocycles. The smallest absolute Gasteiger partial charge is 0.253 e. The van der Waals surface area contributed by atoms with Crippen LogP contribution in [-0.2, 0) is 6.54 Å². The molecule has 2 rings (SSSR count). The van der Waals surface area contributed by atoms with E-state index >= 15 is 0 Å². The molecule has 1 aromatic carbocycles. The van der Waals surface area contributed by atoms with Crippen LogP contribution in [0.3, 0.4) is 0 Å². The first-order chi connectivity index (χ1) is 9.93. The van der Waals surface area contributed by atoms with Gasteiger partial charge >= 0.3 is 0 Å². The zero-order valence-electron chi connectivity index (χ0n) is 12.6. The van der Waals surface area contributed by atoms with E-state index in [-0.39, 0.29) is 5.91 Å². The molecule has 1 aromatic heterocycles. The Morgan fingerprint density at radius 1 is 1.43 bits per heavy atom. The van der Waals surface area contributed by atoms with Gasteiger partial charge in [0.15, 0.2) is 0 Å². The van der Waals surface area contributed by atoms with Crippen molar-refractivity contribution in [2.75, 3.05) is 19.9 Å². The summed E-state index contributed by atoms with van der Waals surface area (Å²) in [5.41, 5.74) is 8.51. The molecule has 0 saturated carbocycles. The Labute approximate surface area is 123 Å². The standard InChI is InChI=1S/C15H19N3O3/c1-9-12(10(2)21-17-9)8-18(3)15(19)11-5-6-14(20-4)13(16)7-11/h5-7H,8,16H2,1-4H3. The fourth-order valence-electron chi connectivity index (χ4n) is 2.12. The van der Waals surface area contributed by atoms with Gasteiger partial charge < -0.3 is 19.9 Å². The molecule has 6 heteroatoms. The van der Waals surface area contributed by atoms with E-state index < -0.39 is 0 Å². The molecule has 0 fully saturated rings. The Bertz CT molecular complexity index is 645. The third-order valence-corrected chi connectivity index (χ3v) is 3.40. The number of ether oxygens (including phenoxy) is 1. The molecule has 0 saturated heterocycles. The minimum absolute atomic E-state index is 0.121. The summed E-state index contributed by atoms with van der Waals surface area (Å²) in [6, 6.07) is 5.00. The van der Waals surface area contributed by atoms with Crippen molar-refractivity contribution in [2.45, 2.75) is 20.4 Å². The lowest BCUT2D eigenvalue weighted by Gasteiger charge is -2.17. The number of nitrogens with two attached hydrogens (primary N) is 1. The second kappa shape index (κ2) is 5.87. The van der Waals surface area contributed by atoms with Crippen LogP contribution in [-0.4, -0.2) is 30.1 Å². The van der Waals surface area contributed by atoms with E-state index in [1.54, 1.807) is 30.1 Å². The van der Waals surface area contributed by atoms with Crippen LogP contribution < -0.4 is 10.5 Å². The van der Waals surface area contributed by atoms with Crippen LogP contribution in [0.15, 0.2) is 22.7 Å². The highest BCUT2D eigenvalue weighted by molar-refractivity contribution is 5.95. The second-order valence-electron chi connectivity index (χ2n) is 4.92.